The normalized spacial score (nSPS) is 10.6. The van der Waals surface area contributed by atoms with Gasteiger partial charge in [-0.15, -0.1) is 0 Å². The van der Waals surface area contributed by atoms with E-state index in [0.29, 0.717) is 11.7 Å². The highest BCUT2D eigenvalue weighted by molar-refractivity contribution is 6.30. The second-order valence-corrected chi connectivity index (χ2v) is 3.76. The Bertz CT molecular complexity index is 444. The summed E-state index contributed by atoms with van der Waals surface area (Å²) in [5.41, 5.74) is 5.21. The van der Waals surface area contributed by atoms with Crippen LogP contribution < -0.4 is 5.43 Å². The van der Waals surface area contributed by atoms with Gasteiger partial charge in [0.1, 0.15) is 5.15 Å². The summed E-state index contributed by atoms with van der Waals surface area (Å²) < 4.78 is 3.58. The Hall–Kier alpha value is -1.42. The predicted molar refractivity (Wildman–Crippen MR) is 60.5 cm³/mol. The quantitative estimate of drug-likeness (QED) is 0.865. The maximum Gasteiger partial charge on any atom is 0.132 e. The lowest BCUT2D eigenvalue weighted by Gasteiger charge is -2.06. The molecule has 5 heteroatoms. The molecule has 0 aliphatic carbocycles. The highest BCUT2D eigenvalue weighted by Gasteiger charge is 2.10. The van der Waals surface area contributed by atoms with Crippen LogP contribution in [-0.4, -0.2) is 14.5 Å². The van der Waals surface area contributed by atoms with Crippen molar-refractivity contribution in [3.63, 3.8) is 0 Å². The van der Waals surface area contributed by atoms with Crippen molar-refractivity contribution in [2.24, 2.45) is 7.05 Å². The first-order chi connectivity index (χ1) is 7.18. The Labute approximate surface area is 93.4 Å². The van der Waals surface area contributed by atoms with E-state index in [1.807, 2.05) is 43.2 Å². The van der Waals surface area contributed by atoms with Crippen molar-refractivity contribution >= 4 is 11.6 Å². The minimum absolute atomic E-state index is 0.674. The summed E-state index contributed by atoms with van der Waals surface area (Å²) in [6.07, 6.45) is 3.89. The van der Waals surface area contributed by atoms with Crippen LogP contribution >= 0.6 is 11.6 Å². The van der Waals surface area contributed by atoms with Crippen molar-refractivity contribution in [2.45, 2.75) is 13.5 Å². The van der Waals surface area contributed by atoms with Gasteiger partial charge in [-0.1, -0.05) is 11.6 Å². The molecule has 0 saturated carbocycles. The maximum atomic E-state index is 6.11. The SMILES string of the molecule is Cc1nn(C)c(Cl)c1CNn1cccc1. The van der Waals surface area contributed by atoms with Crippen LogP contribution in [0.2, 0.25) is 5.15 Å². The fourth-order valence-electron chi connectivity index (χ4n) is 1.48. The van der Waals surface area contributed by atoms with E-state index >= 15 is 0 Å². The Balaban J connectivity index is 2.11. The van der Waals surface area contributed by atoms with E-state index < -0.39 is 0 Å². The zero-order chi connectivity index (χ0) is 10.8. The maximum absolute atomic E-state index is 6.11. The molecule has 1 N–H and O–H groups in total. The molecule has 0 bridgehead atoms. The summed E-state index contributed by atoms with van der Waals surface area (Å²) in [6, 6.07) is 3.93. The highest BCUT2D eigenvalue weighted by atomic mass is 35.5. The van der Waals surface area contributed by atoms with Crippen molar-refractivity contribution in [2.75, 3.05) is 5.43 Å². The molecule has 80 valence electrons. The average molecular weight is 225 g/mol. The summed E-state index contributed by atoms with van der Waals surface area (Å²) in [4.78, 5) is 0. The second kappa shape index (κ2) is 3.98. The smallest absolute Gasteiger partial charge is 0.132 e. The number of halogens is 1. The Morgan fingerprint density at radius 2 is 2.07 bits per heavy atom. The fourth-order valence-corrected chi connectivity index (χ4v) is 1.73. The van der Waals surface area contributed by atoms with Crippen molar-refractivity contribution in [3.8, 4) is 0 Å². The fraction of sp³-hybridized carbons (Fsp3) is 0.300. The topological polar surface area (TPSA) is 34.8 Å². The summed E-state index contributed by atoms with van der Waals surface area (Å²) in [6.45, 7) is 2.63. The Kier molecular flexibility index (Phi) is 2.68. The molecule has 0 aliphatic heterocycles. The van der Waals surface area contributed by atoms with Crippen LogP contribution in [0.4, 0.5) is 0 Å². The predicted octanol–water partition coefficient (Wildman–Crippen LogP) is 1.93. The van der Waals surface area contributed by atoms with E-state index in [0.717, 1.165) is 11.3 Å². The van der Waals surface area contributed by atoms with Gasteiger partial charge in [-0.3, -0.25) is 9.36 Å². The van der Waals surface area contributed by atoms with Crippen molar-refractivity contribution in [1.82, 2.24) is 14.5 Å². The molecule has 2 aromatic heterocycles. The standard InChI is InChI=1S/C10H13ClN4/c1-8-9(10(11)14(2)13-8)7-12-15-5-3-4-6-15/h3-6,12H,7H2,1-2H3. The van der Waals surface area contributed by atoms with Gasteiger partial charge in [0.15, 0.2) is 0 Å². The van der Waals surface area contributed by atoms with Gasteiger partial charge in [0.05, 0.1) is 12.2 Å². The third kappa shape index (κ3) is 1.99. The van der Waals surface area contributed by atoms with E-state index in [-0.39, 0.29) is 0 Å². The van der Waals surface area contributed by atoms with Gasteiger partial charge in [0, 0.05) is 25.0 Å². The first-order valence-electron chi connectivity index (χ1n) is 4.73. The molecule has 0 amide bonds. The summed E-state index contributed by atoms with van der Waals surface area (Å²) in [5, 5.41) is 4.93. The summed E-state index contributed by atoms with van der Waals surface area (Å²) in [5.74, 6) is 0. The van der Waals surface area contributed by atoms with E-state index in [1.54, 1.807) is 4.68 Å². The minimum Gasteiger partial charge on any atom is -0.322 e. The van der Waals surface area contributed by atoms with Crippen LogP contribution in [0.15, 0.2) is 24.5 Å². The number of hydrogen-bond acceptors (Lipinski definition) is 2. The zero-order valence-electron chi connectivity index (χ0n) is 8.74. The van der Waals surface area contributed by atoms with Crippen molar-refractivity contribution in [3.05, 3.63) is 40.9 Å². The molecule has 4 nitrogen and oxygen atoms in total. The molecule has 2 heterocycles. The third-order valence-corrected chi connectivity index (χ3v) is 2.79. The third-order valence-electron chi connectivity index (χ3n) is 2.31. The second-order valence-electron chi connectivity index (χ2n) is 3.40. The van der Waals surface area contributed by atoms with Crippen LogP contribution in [0.1, 0.15) is 11.3 Å². The number of aromatic nitrogens is 3. The van der Waals surface area contributed by atoms with Gasteiger partial charge >= 0.3 is 0 Å². The lowest BCUT2D eigenvalue weighted by Crippen LogP contribution is -2.12. The highest BCUT2D eigenvalue weighted by Crippen LogP contribution is 2.18. The number of nitrogens with zero attached hydrogens (tertiary/aromatic N) is 3. The molecule has 0 spiro atoms. The summed E-state index contributed by atoms with van der Waals surface area (Å²) >= 11 is 6.11. The van der Waals surface area contributed by atoms with E-state index in [9.17, 15) is 0 Å². The molecule has 2 rings (SSSR count). The Morgan fingerprint density at radius 3 is 2.60 bits per heavy atom. The molecule has 0 unspecified atom stereocenters. The van der Waals surface area contributed by atoms with Gasteiger partial charge in [-0.2, -0.15) is 5.10 Å². The number of hydrogen-bond donors (Lipinski definition) is 1. The lowest BCUT2D eigenvalue weighted by molar-refractivity contribution is 0.757. The molecule has 0 aromatic carbocycles. The van der Waals surface area contributed by atoms with Gasteiger partial charge in [-0.25, -0.2) is 0 Å². The van der Waals surface area contributed by atoms with E-state index in [1.165, 1.54) is 0 Å². The average Bonchev–Trinajstić information content (AvgIpc) is 2.76. The zero-order valence-corrected chi connectivity index (χ0v) is 9.49. The van der Waals surface area contributed by atoms with Gasteiger partial charge < -0.3 is 5.43 Å². The Morgan fingerprint density at radius 1 is 1.40 bits per heavy atom. The van der Waals surface area contributed by atoms with Crippen LogP contribution in [0.25, 0.3) is 0 Å². The largest absolute Gasteiger partial charge is 0.322 e. The first-order valence-corrected chi connectivity index (χ1v) is 5.11. The molecule has 15 heavy (non-hydrogen) atoms. The molecule has 0 saturated heterocycles. The summed E-state index contributed by atoms with van der Waals surface area (Å²) in [7, 11) is 1.84. The molecule has 0 atom stereocenters. The van der Waals surface area contributed by atoms with Gasteiger partial charge in [0.2, 0.25) is 0 Å². The van der Waals surface area contributed by atoms with Crippen LogP contribution in [0.5, 0.6) is 0 Å². The molecular formula is C10H13ClN4. The van der Waals surface area contributed by atoms with Crippen molar-refractivity contribution in [1.29, 1.82) is 0 Å². The number of nitrogens with one attached hydrogen (secondary N) is 1. The van der Waals surface area contributed by atoms with E-state index in [2.05, 4.69) is 10.5 Å². The molecule has 2 aromatic rings. The molecule has 0 aliphatic rings. The molecular weight excluding hydrogens is 212 g/mol. The van der Waals surface area contributed by atoms with Crippen LogP contribution in [-0.2, 0) is 13.6 Å². The van der Waals surface area contributed by atoms with Crippen molar-refractivity contribution < 1.29 is 0 Å². The minimum atomic E-state index is 0.674. The number of aryl methyl sites for hydroxylation is 2. The molecule has 0 fully saturated rings. The number of rotatable bonds is 3. The first kappa shape index (κ1) is 10.1. The van der Waals surface area contributed by atoms with Gasteiger partial charge in [0.25, 0.3) is 0 Å². The lowest BCUT2D eigenvalue weighted by atomic mass is 10.3. The monoisotopic (exact) mass is 224 g/mol. The van der Waals surface area contributed by atoms with E-state index in [4.69, 9.17) is 11.6 Å². The molecule has 0 radical (unpaired) electrons. The van der Waals surface area contributed by atoms with Crippen LogP contribution in [0.3, 0.4) is 0 Å². The van der Waals surface area contributed by atoms with Gasteiger partial charge in [-0.05, 0) is 19.1 Å². The van der Waals surface area contributed by atoms with Crippen LogP contribution in [0, 0.1) is 6.92 Å².